The van der Waals surface area contributed by atoms with Gasteiger partial charge in [0.05, 0.1) is 11.6 Å². The first-order valence-corrected chi connectivity index (χ1v) is 5.00. The minimum Gasteiger partial charge on any atom is -0.260 e. The number of hydrogen-bond donors (Lipinski definition) is 1. The van der Waals surface area contributed by atoms with Crippen LogP contribution in [0.3, 0.4) is 0 Å². The SMILES string of the molecule is C=Cc1ccc(C#N)cc1.O=S(=O)(O)F. The van der Waals surface area contributed by atoms with Gasteiger partial charge in [-0.05, 0) is 17.7 Å². The maximum Gasteiger partial charge on any atom is 0.435 e. The lowest BCUT2D eigenvalue weighted by atomic mass is 10.1. The maximum absolute atomic E-state index is 10.2. The fourth-order valence-corrected chi connectivity index (χ4v) is 0.694. The van der Waals surface area contributed by atoms with Crippen LogP contribution in [-0.2, 0) is 10.5 Å². The molecule has 0 fully saturated rings. The van der Waals surface area contributed by atoms with Crippen LogP contribution in [0.2, 0.25) is 0 Å². The minimum atomic E-state index is -5.17. The second-order valence-corrected chi connectivity index (χ2v) is 3.17. The fourth-order valence-electron chi connectivity index (χ4n) is 0.694. The number of benzene rings is 1. The second kappa shape index (κ2) is 5.90. The van der Waals surface area contributed by atoms with Crippen molar-refractivity contribution in [3.8, 4) is 6.07 Å². The minimum absolute atomic E-state index is 0.686. The Hall–Kier alpha value is -1.71. The van der Waals surface area contributed by atoms with Crippen LogP contribution in [0, 0.1) is 11.3 Å². The van der Waals surface area contributed by atoms with Gasteiger partial charge in [-0.3, -0.25) is 4.55 Å². The zero-order chi connectivity index (χ0) is 11.9. The second-order valence-electron chi connectivity index (χ2n) is 2.35. The molecule has 1 rings (SSSR count). The summed E-state index contributed by atoms with van der Waals surface area (Å²) in [6.45, 7) is 3.60. The van der Waals surface area contributed by atoms with E-state index >= 15 is 0 Å². The molecule has 80 valence electrons. The predicted octanol–water partition coefficient (Wildman–Crippen LogP) is 1.96. The number of hydrogen-bond acceptors (Lipinski definition) is 3. The van der Waals surface area contributed by atoms with E-state index in [-0.39, 0.29) is 0 Å². The maximum atomic E-state index is 10.2. The summed E-state index contributed by atoms with van der Waals surface area (Å²) in [4.78, 5) is 0. The number of nitriles is 1. The van der Waals surface area contributed by atoms with Crippen molar-refractivity contribution < 1.29 is 16.9 Å². The summed E-state index contributed by atoms with van der Waals surface area (Å²) in [5.41, 5.74) is 1.73. The standard InChI is InChI=1S/C9H7N.FHO3S/c1-2-8-3-5-9(7-10)6-4-8;1-5(2,3)4/h2-6H,1H2;(H,2,3,4). The molecule has 0 saturated heterocycles. The highest BCUT2D eigenvalue weighted by Crippen LogP contribution is 2.03. The van der Waals surface area contributed by atoms with E-state index < -0.39 is 10.5 Å². The van der Waals surface area contributed by atoms with Crippen molar-refractivity contribution in [2.24, 2.45) is 0 Å². The average molecular weight is 229 g/mol. The Morgan fingerprint density at radius 2 is 1.80 bits per heavy atom. The molecule has 0 spiro atoms. The normalized spacial score (nSPS) is 9.40. The van der Waals surface area contributed by atoms with E-state index in [4.69, 9.17) is 18.2 Å². The van der Waals surface area contributed by atoms with E-state index in [1.165, 1.54) is 0 Å². The molecule has 1 N–H and O–H groups in total. The van der Waals surface area contributed by atoms with Crippen molar-refractivity contribution in [1.29, 1.82) is 5.26 Å². The molecule has 0 aliphatic carbocycles. The molecule has 1 aromatic carbocycles. The molecule has 0 bridgehead atoms. The molecule has 0 aliphatic rings. The number of halogens is 1. The summed E-state index contributed by atoms with van der Waals surface area (Å²) in [7, 11) is -5.17. The van der Waals surface area contributed by atoms with Crippen LogP contribution in [0.5, 0.6) is 0 Å². The van der Waals surface area contributed by atoms with E-state index in [2.05, 4.69) is 6.58 Å². The Labute approximate surface area is 87.3 Å². The van der Waals surface area contributed by atoms with Gasteiger partial charge in [-0.15, -0.1) is 0 Å². The highest BCUT2D eigenvalue weighted by molar-refractivity contribution is 7.80. The van der Waals surface area contributed by atoms with Gasteiger partial charge in [-0.25, -0.2) is 0 Å². The molecule has 0 radical (unpaired) electrons. The first-order chi connectivity index (χ1) is 6.86. The summed E-state index contributed by atoms with van der Waals surface area (Å²) in [6.07, 6.45) is 1.75. The highest BCUT2D eigenvalue weighted by atomic mass is 32.3. The van der Waals surface area contributed by atoms with Crippen molar-refractivity contribution >= 4 is 16.6 Å². The third-order valence-corrected chi connectivity index (χ3v) is 1.28. The summed E-state index contributed by atoms with van der Waals surface area (Å²) < 4.78 is 34.1. The summed E-state index contributed by atoms with van der Waals surface area (Å²) in [5, 5.41) is 8.43. The van der Waals surface area contributed by atoms with Gasteiger partial charge < -0.3 is 0 Å². The van der Waals surface area contributed by atoms with Crippen molar-refractivity contribution in [1.82, 2.24) is 0 Å². The number of nitrogens with zero attached hydrogens (tertiary/aromatic N) is 1. The van der Waals surface area contributed by atoms with Crippen LogP contribution >= 0.6 is 0 Å². The summed E-state index contributed by atoms with van der Waals surface area (Å²) in [6, 6.07) is 9.33. The van der Waals surface area contributed by atoms with Crippen molar-refractivity contribution in [3.05, 3.63) is 42.0 Å². The van der Waals surface area contributed by atoms with Gasteiger partial charge in [0.15, 0.2) is 0 Å². The highest BCUT2D eigenvalue weighted by Gasteiger charge is 1.89. The Balaban J connectivity index is 0.000000336. The Kier molecular flexibility index (Phi) is 5.23. The monoisotopic (exact) mass is 229 g/mol. The van der Waals surface area contributed by atoms with Gasteiger partial charge in [-0.2, -0.15) is 13.7 Å². The fraction of sp³-hybridized carbons (Fsp3) is 0. The zero-order valence-corrected chi connectivity index (χ0v) is 8.41. The van der Waals surface area contributed by atoms with Crippen LogP contribution in [0.25, 0.3) is 6.08 Å². The van der Waals surface area contributed by atoms with Crippen LogP contribution < -0.4 is 0 Å². The van der Waals surface area contributed by atoms with Crippen LogP contribution in [-0.4, -0.2) is 13.0 Å². The molecule has 6 heteroatoms. The van der Waals surface area contributed by atoms with Crippen molar-refractivity contribution in [3.63, 3.8) is 0 Å². The quantitative estimate of drug-likeness (QED) is 0.589. The smallest absolute Gasteiger partial charge is 0.260 e. The zero-order valence-electron chi connectivity index (χ0n) is 7.59. The third kappa shape index (κ3) is 8.62. The van der Waals surface area contributed by atoms with Gasteiger partial charge >= 0.3 is 10.5 Å². The van der Waals surface area contributed by atoms with Gasteiger partial charge in [0, 0.05) is 0 Å². The molecule has 15 heavy (non-hydrogen) atoms. The molecule has 4 nitrogen and oxygen atoms in total. The van der Waals surface area contributed by atoms with Gasteiger partial charge in [0.2, 0.25) is 0 Å². The van der Waals surface area contributed by atoms with Crippen LogP contribution in [0.4, 0.5) is 3.89 Å². The van der Waals surface area contributed by atoms with E-state index in [0.717, 1.165) is 5.56 Å². The van der Waals surface area contributed by atoms with Gasteiger partial charge in [-0.1, -0.05) is 28.7 Å². The molecule has 0 aliphatic heterocycles. The van der Waals surface area contributed by atoms with Crippen LogP contribution in [0.15, 0.2) is 30.8 Å². The number of rotatable bonds is 1. The summed E-state index contributed by atoms with van der Waals surface area (Å²) in [5.74, 6) is 0. The summed E-state index contributed by atoms with van der Waals surface area (Å²) >= 11 is 0. The molecule has 0 atom stereocenters. The third-order valence-electron chi connectivity index (χ3n) is 1.28. The molecular formula is C9H8FNO3S. The predicted molar refractivity (Wildman–Crippen MR) is 53.9 cm³/mol. The van der Waals surface area contributed by atoms with Gasteiger partial charge in [0.1, 0.15) is 0 Å². The van der Waals surface area contributed by atoms with Crippen LogP contribution in [0.1, 0.15) is 11.1 Å². The Morgan fingerprint density at radius 1 is 1.40 bits per heavy atom. The molecule has 0 heterocycles. The lowest BCUT2D eigenvalue weighted by Gasteiger charge is -1.89. The topological polar surface area (TPSA) is 78.2 Å². The molecule has 0 unspecified atom stereocenters. The van der Waals surface area contributed by atoms with Gasteiger partial charge in [0.25, 0.3) is 0 Å². The first-order valence-electron chi connectivity index (χ1n) is 3.66. The molecule has 1 aromatic rings. The molecule has 0 saturated carbocycles. The largest absolute Gasteiger partial charge is 0.435 e. The average Bonchev–Trinajstić information content (AvgIpc) is 2.15. The first kappa shape index (κ1) is 13.3. The van der Waals surface area contributed by atoms with E-state index in [0.29, 0.717) is 5.56 Å². The van der Waals surface area contributed by atoms with E-state index in [1.807, 2.05) is 18.2 Å². The van der Waals surface area contributed by atoms with E-state index in [1.54, 1.807) is 18.2 Å². The molecular weight excluding hydrogens is 221 g/mol. The van der Waals surface area contributed by atoms with Crippen molar-refractivity contribution in [2.45, 2.75) is 0 Å². The van der Waals surface area contributed by atoms with E-state index in [9.17, 15) is 3.89 Å². The lowest BCUT2D eigenvalue weighted by Crippen LogP contribution is -1.80. The molecule has 0 aromatic heterocycles. The Morgan fingerprint density at radius 3 is 2.07 bits per heavy atom. The lowest BCUT2D eigenvalue weighted by molar-refractivity contribution is 0.435. The molecule has 0 amide bonds. The van der Waals surface area contributed by atoms with Crippen molar-refractivity contribution in [2.75, 3.05) is 0 Å². The Bertz CT molecular complexity index is 451.